The fourth-order valence-corrected chi connectivity index (χ4v) is 2.61. The Morgan fingerprint density at radius 3 is 2.89 bits per heavy atom. The van der Waals surface area contributed by atoms with Gasteiger partial charge in [0, 0.05) is 12.1 Å². The lowest BCUT2D eigenvalue weighted by Gasteiger charge is -2.24. The molecule has 0 aromatic heterocycles. The molecule has 1 atom stereocenters. The summed E-state index contributed by atoms with van der Waals surface area (Å²) in [5.74, 6) is 0.699. The molecule has 1 aliphatic rings. The Morgan fingerprint density at radius 2 is 2.22 bits per heavy atom. The van der Waals surface area contributed by atoms with Crippen LogP contribution in [-0.4, -0.2) is 18.6 Å². The molecule has 0 radical (unpaired) electrons. The van der Waals surface area contributed by atoms with Gasteiger partial charge in [-0.2, -0.15) is 0 Å². The summed E-state index contributed by atoms with van der Waals surface area (Å²) < 4.78 is 0. The predicted octanol–water partition coefficient (Wildman–Crippen LogP) is 2.82. The highest BCUT2D eigenvalue weighted by Crippen LogP contribution is 2.24. The Morgan fingerprint density at radius 1 is 1.39 bits per heavy atom. The second-order valence-corrected chi connectivity index (χ2v) is 6.28. The summed E-state index contributed by atoms with van der Waals surface area (Å²) in [6, 6.07) is 9.08. The molecule has 0 bridgehead atoms. The van der Waals surface area contributed by atoms with Gasteiger partial charge in [0.25, 0.3) is 0 Å². The van der Waals surface area contributed by atoms with Crippen molar-refractivity contribution < 1.29 is 0 Å². The molecule has 0 spiro atoms. The Hall–Kier alpha value is -0.860. The van der Waals surface area contributed by atoms with E-state index >= 15 is 0 Å². The third-order valence-corrected chi connectivity index (χ3v) is 3.78. The minimum absolute atomic E-state index is 0.0671. The van der Waals surface area contributed by atoms with Crippen molar-refractivity contribution in [2.75, 3.05) is 13.1 Å². The summed E-state index contributed by atoms with van der Waals surface area (Å²) in [6.45, 7) is 6.51. The fraction of sp³-hybridized carbons (Fsp3) is 0.625. The van der Waals surface area contributed by atoms with Gasteiger partial charge in [0.15, 0.2) is 0 Å². The maximum Gasteiger partial charge on any atom is 0.0100 e. The molecule has 1 saturated heterocycles. The van der Waals surface area contributed by atoms with E-state index in [0.717, 1.165) is 19.4 Å². The standard InChI is InChI=1S/C16H26N2/c1-16(2,17)9-8-13-5-3-6-14(11-13)15-7-4-10-18-12-15/h3,5-6,11,15,18H,4,7-10,12,17H2,1-2H3. The van der Waals surface area contributed by atoms with E-state index in [1.807, 2.05) is 0 Å². The molecule has 3 N–H and O–H groups in total. The third kappa shape index (κ3) is 4.11. The van der Waals surface area contributed by atoms with Crippen molar-refractivity contribution in [2.24, 2.45) is 5.73 Å². The molecule has 2 heteroatoms. The average Bonchev–Trinajstić information content (AvgIpc) is 2.37. The molecule has 0 saturated carbocycles. The predicted molar refractivity (Wildman–Crippen MR) is 77.9 cm³/mol. The van der Waals surface area contributed by atoms with Crippen LogP contribution in [0.15, 0.2) is 24.3 Å². The highest BCUT2D eigenvalue weighted by molar-refractivity contribution is 5.27. The van der Waals surface area contributed by atoms with Gasteiger partial charge >= 0.3 is 0 Å². The monoisotopic (exact) mass is 246 g/mol. The van der Waals surface area contributed by atoms with E-state index in [2.05, 4.69) is 43.4 Å². The zero-order valence-electron chi connectivity index (χ0n) is 11.7. The number of piperidine rings is 1. The van der Waals surface area contributed by atoms with Crippen LogP contribution in [0.2, 0.25) is 0 Å². The van der Waals surface area contributed by atoms with Gasteiger partial charge in [-0.3, -0.25) is 0 Å². The van der Waals surface area contributed by atoms with Crippen LogP contribution in [0, 0.1) is 0 Å². The molecule has 1 aromatic rings. The SMILES string of the molecule is CC(C)(N)CCc1cccc(C2CCCNC2)c1. The summed E-state index contributed by atoms with van der Waals surface area (Å²) in [5.41, 5.74) is 8.91. The van der Waals surface area contributed by atoms with E-state index in [0.29, 0.717) is 5.92 Å². The van der Waals surface area contributed by atoms with E-state index in [4.69, 9.17) is 5.73 Å². The normalized spacial score (nSPS) is 20.9. The van der Waals surface area contributed by atoms with E-state index < -0.39 is 0 Å². The molecule has 2 nitrogen and oxygen atoms in total. The number of benzene rings is 1. The van der Waals surface area contributed by atoms with Crippen LogP contribution in [0.4, 0.5) is 0 Å². The van der Waals surface area contributed by atoms with Gasteiger partial charge in [-0.1, -0.05) is 24.3 Å². The van der Waals surface area contributed by atoms with E-state index in [1.54, 1.807) is 0 Å². The first-order chi connectivity index (χ1) is 8.54. The number of nitrogens with two attached hydrogens (primary N) is 1. The van der Waals surface area contributed by atoms with Crippen molar-refractivity contribution in [3.8, 4) is 0 Å². The zero-order chi connectivity index (χ0) is 13.0. The number of hydrogen-bond acceptors (Lipinski definition) is 2. The summed E-state index contributed by atoms with van der Waals surface area (Å²) >= 11 is 0. The zero-order valence-corrected chi connectivity index (χ0v) is 11.7. The van der Waals surface area contributed by atoms with Crippen molar-refractivity contribution in [3.63, 3.8) is 0 Å². The van der Waals surface area contributed by atoms with Gasteiger partial charge in [0.2, 0.25) is 0 Å². The lowest BCUT2D eigenvalue weighted by Crippen LogP contribution is -2.32. The number of aryl methyl sites for hydroxylation is 1. The molecular weight excluding hydrogens is 220 g/mol. The van der Waals surface area contributed by atoms with Crippen molar-refractivity contribution in [1.29, 1.82) is 0 Å². The molecule has 1 fully saturated rings. The molecule has 0 amide bonds. The Kier molecular flexibility index (Phi) is 4.41. The van der Waals surface area contributed by atoms with Crippen LogP contribution >= 0.6 is 0 Å². The summed E-state index contributed by atoms with van der Waals surface area (Å²) in [6.07, 6.45) is 4.74. The highest BCUT2D eigenvalue weighted by atomic mass is 14.9. The van der Waals surface area contributed by atoms with Crippen molar-refractivity contribution in [1.82, 2.24) is 5.32 Å². The first-order valence-corrected chi connectivity index (χ1v) is 7.13. The minimum Gasteiger partial charge on any atom is -0.326 e. The van der Waals surface area contributed by atoms with Crippen LogP contribution < -0.4 is 11.1 Å². The van der Waals surface area contributed by atoms with E-state index in [-0.39, 0.29) is 5.54 Å². The van der Waals surface area contributed by atoms with E-state index in [9.17, 15) is 0 Å². The molecule has 1 aromatic carbocycles. The van der Waals surface area contributed by atoms with Crippen LogP contribution in [0.3, 0.4) is 0 Å². The fourth-order valence-electron chi connectivity index (χ4n) is 2.61. The number of nitrogens with one attached hydrogen (secondary N) is 1. The lowest BCUT2D eigenvalue weighted by atomic mass is 9.89. The maximum atomic E-state index is 6.05. The van der Waals surface area contributed by atoms with Crippen LogP contribution in [0.25, 0.3) is 0 Å². The smallest absolute Gasteiger partial charge is 0.0100 e. The van der Waals surface area contributed by atoms with Crippen molar-refractivity contribution in [2.45, 2.75) is 51.0 Å². The second kappa shape index (κ2) is 5.85. The first kappa shape index (κ1) is 13.6. The highest BCUT2D eigenvalue weighted by Gasteiger charge is 2.16. The molecule has 1 heterocycles. The Bertz CT molecular complexity index is 373. The topological polar surface area (TPSA) is 38.0 Å². The Labute approximate surface area is 111 Å². The Balaban J connectivity index is 2.00. The summed E-state index contributed by atoms with van der Waals surface area (Å²) in [7, 11) is 0. The molecule has 1 aliphatic heterocycles. The first-order valence-electron chi connectivity index (χ1n) is 7.13. The second-order valence-electron chi connectivity index (χ2n) is 6.28. The molecule has 0 aliphatic carbocycles. The van der Waals surface area contributed by atoms with Crippen molar-refractivity contribution in [3.05, 3.63) is 35.4 Å². The quantitative estimate of drug-likeness (QED) is 0.857. The molecule has 2 rings (SSSR count). The van der Waals surface area contributed by atoms with Gasteiger partial charge in [-0.15, -0.1) is 0 Å². The largest absolute Gasteiger partial charge is 0.326 e. The van der Waals surface area contributed by atoms with Gasteiger partial charge in [0.1, 0.15) is 0 Å². The molecule has 100 valence electrons. The lowest BCUT2D eigenvalue weighted by molar-refractivity contribution is 0.460. The van der Waals surface area contributed by atoms with Crippen molar-refractivity contribution >= 4 is 0 Å². The molecule has 1 unspecified atom stereocenters. The average molecular weight is 246 g/mol. The number of rotatable bonds is 4. The van der Waals surface area contributed by atoms with Crippen LogP contribution in [0.5, 0.6) is 0 Å². The summed E-state index contributed by atoms with van der Waals surface area (Å²) in [4.78, 5) is 0. The summed E-state index contributed by atoms with van der Waals surface area (Å²) in [5, 5.41) is 3.49. The third-order valence-electron chi connectivity index (χ3n) is 3.78. The molecule has 18 heavy (non-hydrogen) atoms. The van der Waals surface area contributed by atoms with Gasteiger partial charge < -0.3 is 11.1 Å². The van der Waals surface area contributed by atoms with Gasteiger partial charge in [-0.25, -0.2) is 0 Å². The number of hydrogen-bond donors (Lipinski definition) is 2. The molecular formula is C16H26N2. The van der Waals surface area contributed by atoms with Crippen LogP contribution in [-0.2, 0) is 6.42 Å². The minimum atomic E-state index is -0.0671. The van der Waals surface area contributed by atoms with Gasteiger partial charge in [0.05, 0.1) is 0 Å². The van der Waals surface area contributed by atoms with Gasteiger partial charge in [-0.05, 0) is 63.1 Å². The van der Waals surface area contributed by atoms with E-state index in [1.165, 1.54) is 30.5 Å². The van der Waals surface area contributed by atoms with Crippen LogP contribution in [0.1, 0.15) is 50.2 Å². The maximum absolute atomic E-state index is 6.05.